The third-order valence-corrected chi connectivity index (χ3v) is 4.30. The lowest BCUT2D eigenvalue weighted by molar-refractivity contribution is -0.130. The number of ether oxygens (including phenoxy) is 1. The number of nitrogens with one attached hydrogen (secondary N) is 2. The zero-order chi connectivity index (χ0) is 19.6. The van der Waals surface area contributed by atoms with E-state index in [2.05, 4.69) is 10.6 Å². The number of benzene rings is 2. The second-order valence-electron chi connectivity index (χ2n) is 5.73. The van der Waals surface area contributed by atoms with Gasteiger partial charge in [0.2, 0.25) is 11.8 Å². The Balaban J connectivity index is 1.81. The molecule has 4 amide bonds. The minimum Gasteiger partial charge on any atom is -0.497 e. The summed E-state index contributed by atoms with van der Waals surface area (Å²) in [4.78, 5) is 38.3. The third-order valence-electron chi connectivity index (χ3n) is 3.99. The Hall–Kier alpha value is -3.13. The van der Waals surface area contributed by atoms with Crippen molar-refractivity contribution in [1.82, 2.24) is 5.32 Å². The monoisotopic (exact) mass is 391 g/mol. The Morgan fingerprint density at radius 3 is 2.78 bits per heavy atom. The summed E-state index contributed by atoms with van der Waals surface area (Å²) in [7, 11) is 1.46. The zero-order valence-electron chi connectivity index (χ0n) is 14.2. The molecule has 1 fully saturated rings. The molecule has 3 rings (SSSR count). The summed E-state index contributed by atoms with van der Waals surface area (Å²) in [5.74, 6) is -2.78. The summed E-state index contributed by atoms with van der Waals surface area (Å²) >= 11 is 5.61. The molecule has 2 aromatic carbocycles. The molecule has 27 heavy (non-hydrogen) atoms. The van der Waals surface area contributed by atoms with E-state index in [1.807, 2.05) is 0 Å². The van der Waals surface area contributed by atoms with E-state index >= 15 is 0 Å². The SMILES string of the molecule is COc1cccc(N2C(=O)NCC(C(=O)Nc3ccc(Cl)c(F)c3)C2=O)c1. The van der Waals surface area contributed by atoms with Gasteiger partial charge in [-0.15, -0.1) is 0 Å². The molecule has 1 heterocycles. The van der Waals surface area contributed by atoms with Gasteiger partial charge in [0.25, 0.3) is 0 Å². The van der Waals surface area contributed by atoms with Crippen LogP contribution in [0, 0.1) is 11.7 Å². The van der Waals surface area contributed by atoms with Crippen LogP contribution in [0.2, 0.25) is 5.02 Å². The van der Waals surface area contributed by atoms with Crippen molar-refractivity contribution >= 4 is 40.8 Å². The van der Waals surface area contributed by atoms with Crippen LogP contribution in [0.25, 0.3) is 0 Å². The van der Waals surface area contributed by atoms with Crippen molar-refractivity contribution < 1.29 is 23.5 Å². The number of urea groups is 1. The second-order valence-corrected chi connectivity index (χ2v) is 6.14. The van der Waals surface area contributed by atoms with Crippen molar-refractivity contribution in [1.29, 1.82) is 0 Å². The first-order valence-electron chi connectivity index (χ1n) is 7.92. The van der Waals surface area contributed by atoms with Crippen molar-refractivity contribution in [3.05, 3.63) is 53.3 Å². The highest BCUT2D eigenvalue weighted by molar-refractivity contribution is 6.30. The molecule has 1 atom stereocenters. The topological polar surface area (TPSA) is 87.7 Å². The number of amides is 4. The fourth-order valence-electron chi connectivity index (χ4n) is 2.61. The molecule has 0 aromatic heterocycles. The van der Waals surface area contributed by atoms with Crippen molar-refractivity contribution in [2.45, 2.75) is 0 Å². The highest BCUT2D eigenvalue weighted by atomic mass is 35.5. The summed E-state index contributed by atoms with van der Waals surface area (Å²) in [5, 5.41) is 4.88. The summed E-state index contributed by atoms with van der Waals surface area (Å²) < 4.78 is 18.6. The van der Waals surface area contributed by atoms with Crippen LogP contribution in [0.5, 0.6) is 5.75 Å². The van der Waals surface area contributed by atoms with Gasteiger partial charge in [-0.25, -0.2) is 14.1 Å². The quantitative estimate of drug-likeness (QED) is 0.784. The standard InChI is InChI=1S/C18H15ClFN3O4/c1-27-12-4-2-3-11(8-12)23-17(25)13(9-21-18(23)26)16(24)22-10-5-6-14(19)15(20)7-10/h2-8,13H,9H2,1H3,(H,21,26)(H,22,24). The van der Waals surface area contributed by atoms with Crippen molar-refractivity contribution in [3.63, 3.8) is 0 Å². The van der Waals surface area contributed by atoms with Gasteiger partial charge in [-0.1, -0.05) is 17.7 Å². The Kier molecular flexibility index (Phi) is 5.27. The van der Waals surface area contributed by atoms with Crippen LogP contribution >= 0.6 is 11.6 Å². The molecule has 1 aliphatic heterocycles. The van der Waals surface area contributed by atoms with Gasteiger partial charge in [0.05, 0.1) is 17.8 Å². The van der Waals surface area contributed by atoms with E-state index in [0.717, 1.165) is 11.0 Å². The van der Waals surface area contributed by atoms with E-state index in [4.69, 9.17) is 16.3 Å². The lowest BCUT2D eigenvalue weighted by Crippen LogP contribution is -2.58. The lowest BCUT2D eigenvalue weighted by atomic mass is 10.0. The van der Waals surface area contributed by atoms with E-state index in [9.17, 15) is 18.8 Å². The number of imide groups is 1. The molecular weight excluding hydrogens is 377 g/mol. The molecule has 0 aliphatic carbocycles. The molecule has 1 aliphatic rings. The van der Waals surface area contributed by atoms with Crippen LogP contribution in [-0.2, 0) is 9.59 Å². The van der Waals surface area contributed by atoms with Crippen LogP contribution in [0.4, 0.5) is 20.6 Å². The van der Waals surface area contributed by atoms with Gasteiger partial charge in [0, 0.05) is 18.3 Å². The third kappa shape index (κ3) is 3.85. The molecule has 9 heteroatoms. The molecule has 0 saturated carbocycles. The molecule has 0 radical (unpaired) electrons. The predicted octanol–water partition coefficient (Wildman–Crippen LogP) is 2.80. The van der Waals surface area contributed by atoms with Gasteiger partial charge in [-0.2, -0.15) is 0 Å². The van der Waals surface area contributed by atoms with E-state index in [1.165, 1.54) is 25.3 Å². The van der Waals surface area contributed by atoms with Crippen molar-refractivity contribution in [2.24, 2.45) is 5.92 Å². The van der Waals surface area contributed by atoms with E-state index in [1.54, 1.807) is 18.2 Å². The van der Waals surface area contributed by atoms with E-state index in [0.29, 0.717) is 5.75 Å². The fraction of sp³-hybridized carbons (Fsp3) is 0.167. The van der Waals surface area contributed by atoms with Gasteiger partial charge in [0.15, 0.2) is 0 Å². The summed E-state index contributed by atoms with van der Waals surface area (Å²) in [6, 6.07) is 9.45. The molecule has 0 spiro atoms. The Bertz CT molecular complexity index is 921. The molecule has 0 bridgehead atoms. The largest absolute Gasteiger partial charge is 0.497 e. The highest BCUT2D eigenvalue weighted by Crippen LogP contribution is 2.25. The maximum Gasteiger partial charge on any atom is 0.328 e. The number of hydrogen-bond donors (Lipinski definition) is 2. The second kappa shape index (κ2) is 7.63. The Morgan fingerprint density at radius 2 is 2.07 bits per heavy atom. The van der Waals surface area contributed by atoms with Crippen LogP contribution in [0.1, 0.15) is 0 Å². The van der Waals surface area contributed by atoms with Crippen molar-refractivity contribution in [2.75, 3.05) is 23.9 Å². The molecule has 1 unspecified atom stereocenters. The number of methoxy groups -OCH3 is 1. The van der Waals surface area contributed by atoms with E-state index < -0.39 is 29.6 Å². The normalized spacial score (nSPS) is 16.7. The van der Waals surface area contributed by atoms with Gasteiger partial charge < -0.3 is 15.4 Å². The molecule has 2 aromatic rings. The number of hydrogen-bond acceptors (Lipinski definition) is 4. The molecule has 1 saturated heterocycles. The molecule has 2 N–H and O–H groups in total. The Morgan fingerprint density at radius 1 is 1.30 bits per heavy atom. The highest BCUT2D eigenvalue weighted by Gasteiger charge is 2.39. The zero-order valence-corrected chi connectivity index (χ0v) is 14.9. The van der Waals surface area contributed by atoms with Crippen LogP contribution in [-0.4, -0.2) is 31.5 Å². The number of rotatable bonds is 4. The molecular formula is C18H15ClFN3O4. The Labute approximate surface area is 159 Å². The van der Waals surface area contributed by atoms with Crippen LogP contribution in [0.3, 0.4) is 0 Å². The van der Waals surface area contributed by atoms with Gasteiger partial charge in [0.1, 0.15) is 17.5 Å². The van der Waals surface area contributed by atoms with Crippen LogP contribution < -0.4 is 20.3 Å². The summed E-state index contributed by atoms with van der Waals surface area (Å²) in [6.45, 7) is -0.167. The molecule has 7 nitrogen and oxygen atoms in total. The summed E-state index contributed by atoms with van der Waals surface area (Å²) in [5.41, 5.74) is 0.423. The maximum atomic E-state index is 13.5. The number of carbonyl (C=O) groups excluding carboxylic acids is 3. The first kappa shape index (κ1) is 18.7. The minimum absolute atomic E-state index is 0.0850. The first-order valence-corrected chi connectivity index (χ1v) is 8.30. The first-order chi connectivity index (χ1) is 12.9. The maximum absolute atomic E-state index is 13.5. The average Bonchev–Trinajstić information content (AvgIpc) is 2.65. The van der Waals surface area contributed by atoms with E-state index in [-0.39, 0.29) is 22.9 Å². The number of nitrogens with zero attached hydrogens (tertiary/aromatic N) is 1. The molecule has 140 valence electrons. The minimum atomic E-state index is -1.17. The number of carbonyl (C=O) groups is 3. The fourth-order valence-corrected chi connectivity index (χ4v) is 2.73. The van der Waals surface area contributed by atoms with Gasteiger partial charge >= 0.3 is 6.03 Å². The van der Waals surface area contributed by atoms with Gasteiger partial charge in [-0.05, 0) is 30.3 Å². The predicted molar refractivity (Wildman–Crippen MR) is 97.4 cm³/mol. The summed E-state index contributed by atoms with van der Waals surface area (Å²) in [6.07, 6.45) is 0. The smallest absolute Gasteiger partial charge is 0.328 e. The lowest BCUT2D eigenvalue weighted by Gasteiger charge is -2.30. The van der Waals surface area contributed by atoms with Crippen molar-refractivity contribution in [3.8, 4) is 5.75 Å². The number of anilines is 2. The number of halogens is 2. The van der Waals surface area contributed by atoms with Gasteiger partial charge in [-0.3, -0.25) is 9.59 Å². The van der Waals surface area contributed by atoms with Crippen LogP contribution in [0.15, 0.2) is 42.5 Å². The average molecular weight is 392 g/mol.